The van der Waals surface area contributed by atoms with Gasteiger partial charge in [0.2, 0.25) is 11.8 Å². The summed E-state index contributed by atoms with van der Waals surface area (Å²) in [6.45, 7) is 6.09. The van der Waals surface area contributed by atoms with Crippen LogP contribution in [0.2, 0.25) is 0 Å². The number of nitrogens with zero attached hydrogens (tertiary/aromatic N) is 4. The van der Waals surface area contributed by atoms with Gasteiger partial charge in [0.15, 0.2) is 0 Å². The average molecular weight is 383 g/mol. The smallest absolute Gasteiger partial charge is 0.289 e. The molecule has 0 radical (unpaired) electrons. The van der Waals surface area contributed by atoms with E-state index in [4.69, 9.17) is 0 Å². The number of rotatable bonds is 7. The third kappa shape index (κ3) is 4.67. The maximum atomic E-state index is 13.3. The van der Waals surface area contributed by atoms with Crippen LogP contribution in [0.1, 0.15) is 46.1 Å². The third-order valence-corrected chi connectivity index (χ3v) is 4.38. The van der Waals surface area contributed by atoms with Crippen LogP contribution in [-0.2, 0) is 6.42 Å². The van der Waals surface area contributed by atoms with E-state index in [1.165, 1.54) is 6.07 Å². The number of aromatic amines is 1. The molecule has 0 saturated heterocycles. The predicted octanol–water partition coefficient (Wildman–Crippen LogP) is 2.50. The lowest BCUT2D eigenvalue weighted by molar-refractivity contribution is 0.0928. The Bertz CT molecular complexity index is 959. The molecule has 0 spiro atoms. The van der Waals surface area contributed by atoms with Gasteiger partial charge in [-0.25, -0.2) is 15.0 Å². The Morgan fingerprint density at radius 1 is 1.25 bits per heavy atom. The number of hydrogen-bond donors (Lipinski definition) is 3. The summed E-state index contributed by atoms with van der Waals surface area (Å²) in [5.74, 6) is -0.375. The highest BCUT2D eigenvalue weighted by Crippen LogP contribution is 2.16. The lowest BCUT2D eigenvalue weighted by Gasteiger charge is -2.15. The molecule has 0 aliphatic carbocycles. The molecule has 3 aromatic rings. The average Bonchev–Trinajstić information content (AvgIpc) is 3.18. The van der Waals surface area contributed by atoms with Gasteiger partial charge in [0, 0.05) is 24.0 Å². The van der Waals surface area contributed by atoms with Crippen LogP contribution in [0.15, 0.2) is 30.6 Å². The van der Waals surface area contributed by atoms with Gasteiger partial charge in [-0.2, -0.15) is 9.49 Å². The molecule has 146 valence electrons. The second-order valence-electron chi connectivity index (χ2n) is 6.47. The van der Waals surface area contributed by atoms with E-state index in [1.807, 2.05) is 20.0 Å². The van der Waals surface area contributed by atoms with E-state index in [1.54, 1.807) is 25.3 Å². The molecule has 28 heavy (non-hydrogen) atoms. The molecular formula is C19H22FN7O. The van der Waals surface area contributed by atoms with E-state index in [0.29, 0.717) is 23.8 Å². The first-order chi connectivity index (χ1) is 13.4. The van der Waals surface area contributed by atoms with Crippen molar-refractivity contribution in [2.75, 3.05) is 11.9 Å². The summed E-state index contributed by atoms with van der Waals surface area (Å²) >= 11 is 0. The van der Waals surface area contributed by atoms with Crippen LogP contribution in [0.4, 0.5) is 10.2 Å². The fourth-order valence-electron chi connectivity index (χ4n) is 2.64. The van der Waals surface area contributed by atoms with Crippen LogP contribution in [-0.4, -0.2) is 37.6 Å². The molecule has 0 aromatic carbocycles. The minimum atomic E-state index is -0.592. The Balaban J connectivity index is 1.70. The zero-order valence-electron chi connectivity index (χ0n) is 16.0. The number of aryl methyl sites for hydroxylation is 1. The van der Waals surface area contributed by atoms with Gasteiger partial charge >= 0.3 is 0 Å². The van der Waals surface area contributed by atoms with Crippen molar-refractivity contribution in [3.8, 4) is 0 Å². The summed E-state index contributed by atoms with van der Waals surface area (Å²) in [6.07, 6.45) is 4.36. The van der Waals surface area contributed by atoms with Crippen molar-refractivity contribution in [3.63, 3.8) is 0 Å². The monoisotopic (exact) mass is 383 g/mol. The highest BCUT2D eigenvalue weighted by Gasteiger charge is 2.18. The predicted molar refractivity (Wildman–Crippen MR) is 102 cm³/mol. The Morgan fingerprint density at radius 3 is 2.79 bits per heavy atom. The number of pyridine rings is 1. The Hall–Kier alpha value is -3.36. The zero-order valence-corrected chi connectivity index (χ0v) is 16.0. The number of H-pyrrole nitrogens is 1. The second kappa shape index (κ2) is 8.55. The van der Waals surface area contributed by atoms with E-state index < -0.39 is 17.9 Å². The molecule has 0 saturated carbocycles. The molecule has 1 atom stereocenters. The van der Waals surface area contributed by atoms with E-state index in [2.05, 4.69) is 35.8 Å². The highest BCUT2D eigenvalue weighted by molar-refractivity contribution is 5.91. The molecular weight excluding hydrogens is 361 g/mol. The maximum Gasteiger partial charge on any atom is 0.289 e. The number of amides is 1. The van der Waals surface area contributed by atoms with Gasteiger partial charge < -0.3 is 10.6 Å². The molecule has 8 nitrogen and oxygen atoms in total. The van der Waals surface area contributed by atoms with Gasteiger partial charge in [0.1, 0.15) is 5.82 Å². The van der Waals surface area contributed by atoms with Crippen LogP contribution in [0.5, 0.6) is 0 Å². The summed E-state index contributed by atoms with van der Waals surface area (Å²) in [4.78, 5) is 25.0. The van der Waals surface area contributed by atoms with Crippen LogP contribution >= 0.6 is 0 Å². The lowest BCUT2D eigenvalue weighted by atomic mass is 10.2. The number of aromatic nitrogens is 5. The third-order valence-electron chi connectivity index (χ3n) is 4.38. The van der Waals surface area contributed by atoms with Crippen LogP contribution in [0, 0.1) is 19.8 Å². The number of nitrogens with one attached hydrogen (secondary N) is 3. The normalized spacial score (nSPS) is 11.9. The molecule has 0 aliphatic rings. The first-order valence-corrected chi connectivity index (χ1v) is 8.94. The number of halogens is 1. The van der Waals surface area contributed by atoms with Gasteiger partial charge in [-0.05, 0) is 44.9 Å². The summed E-state index contributed by atoms with van der Waals surface area (Å²) in [5, 5.41) is 12.7. The molecule has 9 heteroatoms. The highest BCUT2D eigenvalue weighted by atomic mass is 19.1. The molecule has 1 unspecified atom stereocenters. The lowest BCUT2D eigenvalue weighted by Crippen LogP contribution is -2.29. The number of hydrogen-bond acceptors (Lipinski definition) is 6. The fraction of sp³-hybridized carbons (Fsp3) is 0.316. The van der Waals surface area contributed by atoms with Crippen molar-refractivity contribution < 1.29 is 9.18 Å². The minimum Gasteiger partial charge on any atom is -0.369 e. The van der Waals surface area contributed by atoms with Crippen molar-refractivity contribution in [1.29, 1.82) is 0 Å². The van der Waals surface area contributed by atoms with Crippen molar-refractivity contribution in [1.82, 2.24) is 30.5 Å². The minimum absolute atomic E-state index is 0.0529. The largest absolute Gasteiger partial charge is 0.369 e. The molecule has 1 amide bonds. The SMILES string of the molecule is Cc1nc(C(=O)NC(C)c2cccc(F)n2)nc(NCCc2cn[nH]c2)c1C. The van der Waals surface area contributed by atoms with Gasteiger partial charge in [-0.15, -0.1) is 0 Å². The molecule has 0 aliphatic heterocycles. The first kappa shape index (κ1) is 19.4. The summed E-state index contributed by atoms with van der Waals surface area (Å²) < 4.78 is 13.3. The van der Waals surface area contributed by atoms with E-state index in [9.17, 15) is 9.18 Å². The Morgan fingerprint density at radius 2 is 2.07 bits per heavy atom. The van der Waals surface area contributed by atoms with E-state index in [-0.39, 0.29) is 5.82 Å². The second-order valence-corrected chi connectivity index (χ2v) is 6.47. The van der Waals surface area contributed by atoms with Crippen LogP contribution in [0.25, 0.3) is 0 Å². The molecule has 0 fully saturated rings. The van der Waals surface area contributed by atoms with Crippen LogP contribution < -0.4 is 10.6 Å². The van der Waals surface area contributed by atoms with Crippen LogP contribution in [0.3, 0.4) is 0 Å². The number of carbonyl (C=O) groups is 1. The fourth-order valence-corrected chi connectivity index (χ4v) is 2.64. The molecule has 3 rings (SSSR count). The summed E-state index contributed by atoms with van der Waals surface area (Å²) in [6, 6.07) is 3.98. The quantitative estimate of drug-likeness (QED) is 0.541. The van der Waals surface area contributed by atoms with Crippen molar-refractivity contribution >= 4 is 11.7 Å². The first-order valence-electron chi connectivity index (χ1n) is 8.94. The van der Waals surface area contributed by atoms with Crippen molar-refractivity contribution in [2.45, 2.75) is 33.2 Å². The molecule has 3 N–H and O–H groups in total. The zero-order chi connectivity index (χ0) is 20.1. The van der Waals surface area contributed by atoms with Gasteiger partial charge in [-0.1, -0.05) is 6.07 Å². The topological polar surface area (TPSA) is 108 Å². The Labute approximate surface area is 162 Å². The summed E-state index contributed by atoms with van der Waals surface area (Å²) in [5.41, 5.74) is 3.09. The van der Waals surface area contributed by atoms with E-state index >= 15 is 0 Å². The van der Waals surface area contributed by atoms with Gasteiger partial charge in [-0.3, -0.25) is 9.89 Å². The van der Waals surface area contributed by atoms with Gasteiger partial charge in [0.25, 0.3) is 5.91 Å². The maximum absolute atomic E-state index is 13.3. The molecule has 3 heterocycles. The number of anilines is 1. The van der Waals surface area contributed by atoms with E-state index in [0.717, 1.165) is 17.5 Å². The standard InChI is InChI=1S/C19H22FN7O/c1-11-12(2)24-18(27-17(11)21-8-7-14-9-22-23-10-14)19(28)25-13(3)15-5-4-6-16(20)26-15/h4-6,9-10,13H,7-8H2,1-3H3,(H,22,23)(H,25,28)(H,21,24,27). The molecule has 0 bridgehead atoms. The number of carbonyl (C=O) groups excluding carboxylic acids is 1. The van der Waals surface area contributed by atoms with Crippen molar-refractivity contribution in [2.24, 2.45) is 0 Å². The Kier molecular flexibility index (Phi) is 5.93. The molecule has 3 aromatic heterocycles. The van der Waals surface area contributed by atoms with Gasteiger partial charge in [0.05, 0.1) is 17.9 Å². The van der Waals surface area contributed by atoms with Crippen molar-refractivity contribution in [3.05, 3.63) is 64.9 Å². The summed E-state index contributed by atoms with van der Waals surface area (Å²) in [7, 11) is 0.